The van der Waals surface area contributed by atoms with E-state index in [0.717, 1.165) is 49.4 Å². The van der Waals surface area contributed by atoms with Gasteiger partial charge in [-0.05, 0) is 49.2 Å². The summed E-state index contributed by atoms with van der Waals surface area (Å²) in [5.41, 5.74) is 4.54. The molecule has 1 N–H and O–H groups in total. The third kappa shape index (κ3) is 4.11. The molecule has 1 amide bonds. The summed E-state index contributed by atoms with van der Waals surface area (Å²) in [5.74, 6) is 0.723. The van der Waals surface area contributed by atoms with Crippen molar-refractivity contribution in [3.05, 3.63) is 65.4 Å². The molecule has 7 nitrogen and oxygen atoms in total. The van der Waals surface area contributed by atoms with E-state index >= 15 is 0 Å². The number of rotatable bonds is 6. The van der Waals surface area contributed by atoms with Crippen LogP contribution in [0.3, 0.4) is 0 Å². The number of carbonyl (C=O) groups is 1. The molecule has 1 spiro atoms. The Hall–Kier alpha value is -2.87. The number of aromatic nitrogens is 1. The monoisotopic (exact) mass is 477 g/mol. The van der Waals surface area contributed by atoms with Gasteiger partial charge in [-0.15, -0.1) is 0 Å². The predicted molar refractivity (Wildman–Crippen MR) is 136 cm³/mol. The molecular weight excluding hydrogens is 442 g/mol. The number of ether oxygens (including phenoxy) is 2. The van der Waals surface area contributed by atoms with Crippen LogP contribution in [0.2, 0.25) is 0 Å². The van der Waals surface area contributed by atoms with Gasteiger partial charge in [0, 0.05) is 49.8 Å². The van der Waals surface area contributed by atoms with Crippen LogP contribution in [0.15, 0.2) is 48.5 Å². The number of hydrogen-bond donors (Lipinski definition) is 1. The smallest absolute Gasteiger partial charge is 0.249 e. The van der Waals surface area contributed by atoms with Gasteiger partial charge in [0.1, 0.15) is 12.4 Å². The Morgan fingerprint density at radius 2 is 1.86 bits per heavy atom. The van der Waals surface area contributed by atoms with Crippen molar-refractivity contribution in [3.8, 4) is 5.75 Å². The Morgan fingerprint density at radius 3 is 2.51 bits per heavy atom. The molecule has 0 saturated carbocycles. The average molecular weight is 478 g/mol. The van der Waals surface area contributed by atoms with Crippen molar-refractivity contribution in [2.45, 2.75) is 30.8 Å². The molecule has 0 unspecified atom stereocenters. The van der Waals surface area contributed by atoms with Crippen LogP contribution >= 0.6 is 0 Å². The number of fused-ring (bicyclic) bond motifs is 4. The number of aliphatic hydroxyl groups excluding tert-OH is 1. The molecule has 3 heterocycles. The fourth-order valence-corrected chi connectivity index (χ4v) is 6.22. The van der Waals surface area contributed by atoms with Crippen molar-refractivity contribution in [2.75, 3.05) is 47.1 Å². The number of amides is 1. The highest BCUT2D eigenvalue weighted by molar-refractivity contribution is 5.89. The minimum absolute atomic E-state index is 0.0137. The molecule has 7 heteroatoms. The number of carbonyl (C=O) groups excluding carboxylic acids is 1. The van der Waals surface area contributed by atoms with Crippen LogP contribution in [0.4, 0.5) is 0 Å². The van der Waals surface area contributed by atoms with Crippen LogP contribution in [0.5, 0.6) is 5.75 Å². The van der Waals surface area contributed by atoms with Gasteiger partial charge in [0.05, 0.1) is 25.3 Å². The van der Waals surface area contributed by atoms with E-state index in [1.165, 1.54) is 16.5 Å². The molecular formula is C28H35N3O4. The summed E-state index contributed by atoms with van der Waals surface area (Å²) in [6.45, 7) is 3.33. The number of piperidine rings is 1. The molecule has 0 bridgehead atoms. The van der Waals surface area contributed by atoms with Crippen LogP contribution < -0.4 is 4.74 Å². The Kier molecular flexibility index (Phi) is 6.57. The van der Waals surface area contributed by atoms with Gasteiger partial charge in [0.2, 0.25) is 5.91 Å². The van der Waals surface area contributed by atoms with Crippen molar-refractivity contribution >= 4 is 16.8 Å². The lowest BCUT2D eigenvalue weighted by Crippen LogP contribution is -2.56. The van der Waals surface area contributed by atoms with Crippen molar-refractivity contribution < 1.29 is 19.4 Å². The first-order valence-electron chi connectivity index (χ1n) is 12.3. The van der Waals surface area contributed by atoms with E-state index in [2.05, 4.69) is 51.9 Å². The first-order chi connectivity index (χ1) is 17.0. The summed E-state index contributed by atoms with van der Waals surface area (Å²) in [4.78, 5) is 17.5. The fraction of sp³-hybridized carbons (Fsp3) is 0.464. The highest BCUT2D eigenvalue weighted by atomic mass is 16.5. The molecule has 2 aliphatic rings. The maximum atomic E-state index is 13.2. The molecule has 2 aromatic carbocycles. The minimum atomic E-state index is -0.399. The quantitative estimate of drug-likeness (QED) is 0.591. The zero-order valence-corrected chi connectivity index (χ0v) is 20.9. The number of aryl methyl sites for hydroxylation is 1. The molecule has 186 valence electrons. The van der Waals surface area contributed by atoms with E-state index < -0.39 is 6.04 Å². The molecule has 2 aliphatic heterocycles. The SMILES string of the molecule is COCC(=O)N1CC2(CCN(Cc3ccccc3)CC2)c2c(n(C)c3cc(OC)ccc23)[C@@H]1CO. The lowest BCUT2D eigenvalue weighted by Gasteiger charge is -2.50. The number of likely N-dealkylation sites (tertiary alicyclic amines) is 1. The van der Waals surface area contributed by atoms with E-state index in [0.29, 0.717) is 6.54 Å². The third-order valence-corrected chi connectivity index (χ3v) is 7.97. The van der Waals surface area contributed by atoms with Crippen molar-refractivity contribution in [3.63, 3.8) is 0 Å². The highest BCUT2D eigenvalue weighted by Crippen LogP contribution is 2.50. The molecule has 3 aromatic rings. The summed E-state index contributed by atoms with van der Waals surface area (Å²) in [6.07, 6.45) is 1.90. The molecule has 1 saturated heterocycles. The van der Waals surface area contributed by atoms with E-state index in [-0.39, 0.29) is 24.5 Å². The number of aliphatic hydroxyl groups is 1. The molecule has 1 fully saturated rings. The van der Waals surface area contributed by atoms with Crippen molar-refractivity contribution in [1.29, 1.82) is 0 Å². The van der Waals surface area contributed by atoms with Crippen LogP contribution in [-0.2, 0) is 28.5 Å². The second-order valence-corrected chi connectivity index (χ2v) is 9.90. The Balaban J connectivity index is 1.57. The lowest BCUT2D eigenvalue weighted by atomic mass is 9.68. The van der Waals surface area contributed by atoms with E-state index in [1.807, 2.05) is 18.0 Å². The van der Waals surface area contributed by atoms with Crippen LogP contribution in [0.25, 0.3) is 10.9 Å². The van der Waals surface area contributed by atoms with Gasteiger partial charge in [-0.1, -0.05) is 30.3 Å². The van der Waals surface area contributed by atoms with Gasteiger partial charge in [-0.25, -0.2) is 0 Å². The summed E-state index contributed by atoms with van der Waals surface area (Å²) in [6, 6.07) is 16.4. The van der Waals surface area contributed by atoms with E-state index in [1.54, 1.807) is 14.2 Å². The van der Waals surface area contributed by atoms with Gasteiger partial charge in [0.25, 0.3) is 0 Å². The summed E-state index contributed by atoms with van der Waals surface area (Å²) in [7, 11) is 5.25. The molecule has 0 radical (unpaired) electrons. The van der Waals surface area contributed by atoms with Crippen molar-refractivity contribution in [2.24, 2.45) is 7.05 Å². The minimum Gasteiger partial charge on any atom is -0.497 e. The standard InChI is InChI=1S/C28H35N3O4/c1-29-23-15-21(35-3)9-10-22(23)26-27(29)24(17-32)31(25(33)18-34-2)19-28(26)11-13-30(14-12-28)16-20-7-5-4-6-8-20/h4-10,15,24,32H,11-14,16-19H2,1-3H3/t24-/m0/s1. The summed E-state index contributed by atoms with van der Waals surface area (Å²) in [5, 5.41) is 11.7. The maximum absolute atomic E-state index is 13.2. The first-order valence-corrected chi connectivity index (χ1v) is 12.3. The van der Waals surface area contributed by atoms with Crippen LogP contribution in [0.1, 0.15) is 35.7 Å². The van der Waals surface area contributed by atoms with Gasteiger partial charge in [0.15, 0.2) is 0 Å². The summed E-state index contributed by atoms with van der Waals surface area (Å²) >= 11 is 0. The zero-order valence-electron chi connectivity index (χ0n) is 20.9. The number of methoxy groups -OCH3 is 2. The average Bonchev–Trinajstić information content (AvgIpc) is 3.19. The largest absolute Gasteiger partial charge is 0.497 e. The Labute approximate surface area is 206 Å². The molecule has 1 atom stereocenters. The summed E-state index contributed by atoms with van der Waals surface area (Å²) < 4.78 is 12.9. The van der Waals surface area contributed by atoms with Crippen molar-refractivity contribution in [1.82, 2.24) is 14.4 Å². The second-order valence-electron chi connectivity index (χ2n) is 9.90. The maximum Gasteiger partial charge on any atom is 0.249 e. The molecule has 5 rings (SSSR count). The van der Waals surface area contributed by atoms with Crippen LogP contribution in [-0.4, -0.2) is 72.4 Å². The van der Waals surface area contributed by atoms with Crippen LogP contribution in [0, 0.1) is 0 Å². The van der Waals surface area contributed by atoms with E-state index in [4.69, 9.17) is 9.47 Å². The predicted octanol–water partition coefficient (Wildman–Crippen LogP) is 3.24. The second kappa shape index (κ2) is 9.64. The van der Waals surface area contributed by atoms with Gasteiger partial charge < -0.3 is 24.0 Å². The molecule has 35 heavy (non-hydrogen) atoms. The van der Waals surface area contributed by atoms with E-state index in [9.17, 15) is 9.90 Å². The first kappa shape index (κ1) is 23.9. The molecule has 0 aliphatic carbocycles. The highest BCUT2D eigenvalue weighted by Gasteiger charge is 2.49. The van der Waals surface area contributed by atoms with Gasteiger partial charge in [-0.3, -0.25) is 9.69 Å². The Morgan fingerprint density at radius 1 is 1.11 bits per heavy atom. The normalized spacial score (nSPS) is 19.8. The number of nitrogens with zero attached hydrogens (tertiary/aromatic N) is 3. The lowest BCUT2D eigenvalue weighted by molar-refractivity contribution is -0.141. The van der Waals surface area contributed by atoms with Gasteiger partial charge >= 0.3 is 0 Å². The number of hydrogen-bond acceptors (Lipinski definition) is 5. The third-order valence-electron chi connectivity index (χ3n) is 7.97. The number of benzene rings is 2. The topological polar surface area (TPSA) is 67.2 Å². The Bertz CT molecular complexity index is 1200. The zero-order chi connectivity index (χ0) is 24.6. The molecule has 1 aromatic heterocycles. The van der Waals surface area contributed by atoms with Gasteiger partial charge in [-0.2, -0.15) is 0 Å². The fourth-order valence-electron chi connectivity index (χ4n) is 6.22.